The number of carbonyl (C=O) groups excluding carboxylic acids is 1. The van der Waals surface area contributed by atoms with Gasteiger partial charge in [0.2, 0.25) is 11.4 Å². The van der Waals surface area contributed by atoms with Crippen LogP contribution in [0.1, 0.15) is 87.7 Å². The van der Waals surface area contributed by atoms with E-state index >= 15 is 0 Å². The molecule has 0 bridgehead atoms. The summed E-state index contributed by atoms with van der Waals surface area (Å²) in [6, 6.07) is 23.9. The van der Waals surface area contributed by atoms with Gasteiger partial charge in [0.25, 0.3) is 0 Å². The molecule has 0 radical (unpaired) electrons. The van der Waals surface area contributed by atoms with Crippen LogP contribution in [0, 0.1) is 13.1 Å². The molecule has 2 atom stereocenters. The minimum absolute atomic E-state index is 0.000302. The molecule has 2 heterocycles. The van der Waals surface area contributed by atoms with E-state index in [1.54, 1.807) is 11.3 Å². The van der Waals surface area contributed by atoms with Crippen LogP contribution in [0.15, 0.2) is 72.8 Å². The van der Waals surface area contributed by atoms with Crippen LogP contribution in [0.3, 0.4) is 0 Å². The van der Waals surface area contributed by atoms with Crippen LogP contribution in [-0.2, 0) is 22.4 Å². The SMILES string of the molecule is [C-]#[N+]c1cc(-c2nnc(-c3cccc4c3CCC[C@H]4N)s2)ccc1OC(C)C.[C-]#[N+]c1cc(-c2nnc(-c3cccc4c3CCC[C@H]4NCC(=O)OC)s2)ccc1OC(C)C. The summed E-state index contributed by atoms with van der Waals surface area (Å²) in [5, 5.41) is 24.4. The Kier molecular flexibility index (Phi) is 13.8. The van der Waals surface area contributed by atoms with Gasteiger partial charge in [0, 0.05) is 34.3 Å². The van der Waals surface area contributed by atoms with Gasteiger partial charge in [-0.3, -0.25) is 4.79 Å². The standard InChI is InChI=1S/C25H26N4O3S.C22H22N4OS/c1-15(2)32-22-12-11-16(13-21(22)26-3)24-28-29-25(33-24)19-9-5-8-18-17(19)7-6-10-20(18)27-14-23(30)31-4;1-13(2)27-20-11-10-14(12-19(20)24-3)21-25-26-22(28-21)17-8-4-7-16-15(17)6-5-9-18(16)23/h5,8-9,11-13,15,20,27H,6-7,10,14H2,1-2,4H3;4,7-8,10-13,18H,5-6,9,23H2,1-2H3/t20-;18-/m11/s1. The van der Waals surface area contributed by atoms with Gasteiger partial charge < -0.3 is 25.3 Å². The van der Waals surface area contributed by atoms with Crippen LogP contribution in [0.5, 0.6) is 11.5 Å². The number of hydrogen-bond donors (Lipinski definition) is 2. The summed E-state index contributed by atoms with van der Waals surface area (Å²) < 4.78 is 16.2. The molecule has 4 aromatic carbocycles. The van der Waals surface area contributed by atoms with Gasteiger partial charge in [-0.2, -0.15) is 0 Å². The highest BCUT2D eigenvalue weighted by atomic mass is 32.1. The van der Waals surface area contributed by atoms with Crippen LogP contribution < -0.4 is 20.5 Å². The maximum atomic E-state index is 11.6. The van der Waals surface area contributed by atoms with Crippen molar-refractivity contribution in [2.45, 2.75) is 90.5 Å². The summed E-state index contributed by atoms with van der Waals surface area (Å²) in [6.45, 7) is 22.9. The Morgan fingerprint density at radius 1 is 0.738 bits per heavy atom. The first-order chi connectivity index (χ1) is 29.6. The van der Waals surface area contributed by atoms with Crippen molar-refractivity contribution in [1.29, 1.82) is 0 Å². The Labute approximate surface area is 364 Å². The number of hydrogen-bond acceptors (Lipinski definition) is 12. The molecule has 0 aliphatic heterocycles. The van der Waals surface area contributed by atoms with E-state index in [0.29, 0.717) is 22.9 Å². The van der Waals surface area contributed by atoms with Gasteiger partial charge in [-0.15, -0.1) is 20.4 Å². The molecule has 0 fully saturated rings. The lowest BCUT2D eigenvalue weighted by Gasteiger charge is -2.27. The van der Waals surface area contributed by atoms with E-state index < -0.39 is 0 Å². The fraction of sp³-hybridized carbons (Fsp3) is 0.340. The molecule has 0 saturated carbocycles. The predicted molar refractivity (Wildman–Crippen MR) is 241 cm³/mol. The van der Waals surface area contributed by atoms with E-state index in [1.807, 2.05) is 70.2 Å². The molecule has 0 saturated heterocycles. The maximum Gasteiger partial charge on any atom is 0.319 e. The monoisotopic (exact) mass is 852 g/mol. The lowest BCUT2D eigenvalue weighted by atomic mass is 9.85. The number of fused-ring (bicyclic) bond motifs is 2. The van der Waals surface area contributed by atoms with E-state index in [4.69, 9.17) is 33.1 Å². The second kappa shape index (κ2) is 19.6. The summed E-state index contributed by atoms with van der Waals surface area (Å²) in [5.41, 5.74) is 16.2. The predicted octanol–water partition coefficient (Wildman–Crippen LogP) is 10.9. The topological polar surface area (TPSA) is 143 Å². The highest BCUT2D eigenvalue weighted by Gasteiger charge is 2.25. The minimum Gasteiger partial charge on any atom is -0.502 e. The Bertz CT molecular complexity index is 2610. The Hall–Kier alpha value is -6.03. The van der Waals surface area contributed by atoms with Gasteiger partial charge in [0.1, 0.15) is 31.5 Å². The van der Waals surface area contributed by atoms with Crippen molar-refractivity contribution in [3.05, 3.63) is 118 Å². The maximum absolute atomic E-state index is 11.6. The molecule has 2 aliphatic rings. The number of nitrogens with zero attached hydrogens (tertiary/aromatic N) is 6. The quantitative estimate of drug-likeness (QED) is 0.0955. The van der Waals surface area contributed by atoms with E-state index in [1.165, 1.54) is 40.7 Å². The number of ether oxygens (including phenoxy) is 3. The number of esters is 1. The molecule has 6 aromatic rings. The number of carbonyl (C=O) groups is 1. The average Bonchev–Trinajstić information content (AvgIpc) is 3.97. The van der Waals surface area contributed by atoms with Crippen LogP contribution in [0.25, 0.3) is 52.0 Å². The molecule has 2 aromatic heterocycles. The molecule has 2 aliphatic carbocycles. The second-order valence-corrected chi connectivity index (χ2v) is 17.3. The molecule has 8 rings (SSSR count). The van der Waals surface area contributed by atoms with Gasteiger partial charge in [-0.1, -0.05) is 71.2 Å². The van der Waals surface area contributed by atoms with E-state index in [2.05, 4.69) is 65.7 Å². The van der Waals surface area contributed by atoms with Crippen molar-refractivity contribution in [2.24, 2.45) is 5.73 Å². The highest BCUT2D eigenvalue weighted by molar-refractivity contribution is 7.18. The second-order valence-electron chi connectivity index (χ2n) is 15.4. The molecule has 61 heavy (non-hydrogen) atoms. The first-order valence-corrected chi connectivity index (χ1v) is 22.0. The molecule has 12 nitrogen and oxygen atoms in total. The zero-order chi connectivity index (χ0) is 43.0. The number of aromatic nitrogens is 4. The van der Waals surface area contributed by atoms with E-state index in [0.717, 1.165) is 80.8 Å². The summed E-state index contributed by atoms with van der Waals surface area (Å²) in [4.78, 5) is 18.8. The van der Waals surface area contributed by atoms with Gasteiger partial charge in [0.15, 0.2) is 0 Å². The molecule has 312 valence electrons. The molecule has 14 heteroatoms. The molecule has 0 unspecified atom stereocenters. The van der Waals surface area contributed by atoms with Gasteiger partial charge in [-0.25, -0.2) is 9.69 Å². The zero-order valence-corrected chi connectivity index (χ0v) is 36.5. The third kappa shape index (κ3) is 9.96. The highest BCUT2D eigenvalue weighted by Crippen LogP contribution is 2.42. The zero-order valence-electron chi connectivity index (χ0n) is 34.9. The van der Waals surface area contributed by atoms with Crippen molar-refractivity contribution < 1.29 is 19.0 Å². The summed E-state index contributed by atoms with van der Waals surface area (Å²) in [6.07, 6.45) is 6.13. The third-order valence-corrected chi connectivity index (χ3v) is 12.5. The van der Waals surface area contributed by atoms with E-state index in [9.17, 15) is 4.79 Å². The first-order valence-electron chi connectivity index (χ1n) is 20.4. The van der Waals surface area contributed by atoms with Crippen LogP contribution in [0.2, 0.25) is 0 Å². The summed E-state index contributed by atoms with van der Waals surface area (Å²) in [7, 11) is 1.40. The molecule has 0 spiro atoms. The van der Waals surface area contributed by atoms with Crippen molar-refractivity contribution in [1.82, 2.24) is 25.7 Å². The van der Waals surface area contributed by atoms with Crippen LogP contribution >= 0.6 is 22.7 Å². The van der Waals surface area contributed by atoms with Gasteiger partial charge in [-0.05, 0) is 113 Å². The number of benzene rings is 4. The molecule has 0 amide bonds. The molecular weight excluding hydrogens is 805 g/mol. The van der Waals surface area contributed by atoms with Crippen LogP contribution in [-0.4, -0.2) is 52.2 Å². The Morgan fingerprint density at radius 3 is 1.74 bits per heavy atom. The van der Waals surface area contributed by atoms with Crippen molar-refractivity contribution >= 4 is 40.0 Å². The normalized spacial score (nSPS) is 15.4. The largest absolute Gasteiger partial charge is 0.502 e. The first kappa shape index (κ1) is 43.1. The minimum atomic E-state index is -0.268. The smallest absolute Gasteiger partial charge is 0.319 e. The molecule has 3 N–H and O–H groups in total. The third-order valence-electron chi connectivity index (χ3n) is 10.5. The van der Waals surface area contributed by atoms with Crippen molar-refractivity contribution in [2.75, 3.05) is 13.7 Å². The van der Waals surface area contributed by atoms with Crippen molar-refractivity contribution in [3.8, 4) is 53.8 Å². The summed E-state index contributed by atoms with van der Waals surface area (Å²) >= 11 is 3.06. The van der Waals surface area contributed by atoms with Gasteiger partial charge in [0.05, 0.1) is 39.0 Å². The Morgan fingerprint density at radius 2 is 1.23 bits per heavy atom. The number of rotatable bonds is 11. The fourth-order valence-electron chi connectivity index (χ4n) is 7.71. The number of nitrogens with two attached hydrogens (primary N) is 1. The number of nitrogens with one attached hydrogen (secondary N) is 1. The van der Waals surface area contributed by atoms with E-state index in [-0.39, 0.29) is 36.8 Å². The van der Waals surface area contributed by atoms with Crippen LogP contribution in [0.4, 0.5) is 11.4 Å². The van der Waals surface area contributed by atoms with Gasteiger partial charge >= 0.3 is 5.97 Å². The average molecular weight is 853 g/mol. The molecular formula is C47H48N8O4S2. The Balaban J connectivity index is 0.000000186. The lowest BCUT2D eigenvalue weighted by Crippen LogP contribution is -2.30. The van der Waals surface area contributed by atoms with Crippen molar-refractivity contribution in [3.63, 3.8) is 0 Å². The lowest BCUT2D eigenvalue weighted by molar-refractivity contribution is -0.139. The number of methoxy groups -OCH3 is 1. The fourth-order valence-corrected chi connectivity index (χ4v) is 9.49. The summed E-state index contributed by atoms with van der Waals surface area (Å²) in [5.74, 6) is 0.913.